The summed E-state index contributed by atoms with van der Waals surface area (Å²) in [5.41, 5.74) is -1.12. The fourth-order valence-electron chi connectivity index (χ4n) is 6.45. The number of likely N-dealkylation sites (N-methyl/N-ethyl adjacent to an activating group) is 2. The Balaban J connectivity index is 1.96. The molecule has 0 unspecified atom stereocenters. The number of isothiocyanates is 1. The van der Waals surface area contributed by atoms with Crippen LogP contribution in [0.5, 0.6) is 0 Å². The molecule has 1 N–H and O–H groups in total. The zero-order valence-electron chi connectivity index (χ0n) is 19.2. The monoisotopic (exact) mass is 421 g/mol. The summed E-state index contributed by atoms with van der Waals surface area (Å²) in [7, 11) is 3.72. The third kappa shape index (κ3) is 3.86. The lowest BCUT2D eigenvalue weighted by Crippen LogP contribution is -2.62. The van der Waals surface area contributed by atoms with Crippen molar-refractivity contribution in [3.05, 3.63) is 10.6 Å². The zero-order valence-corrected chi connectivity index (χ0v) is 20.1. The maximum atomic E-state index is 11.6. The fraction of sp³-hybridized carbons (Fsp3) is 0.957. The minimum absolute atomic E-state index is 0.0914. The molecule has 29 heavy (non-hydrogen) atoms. The molecule has 0 spiro atoms. The molecular weight excluding hydrogens is 382 g/mol. The number of hydrogen-bond donors (Lipinski definition) is 1. The van der Waals surface area contributed by atoms with Crippen LogP contribution < -0.4 is 0 Å². The second-order valence-corrected chi connectivity index (χ2v) is 11.0. The van der Waals surface area contributed by atoms with Gasteiger partial charge in [0.15, 0.2) is 0 Å². The predicted octanol–water partition coefficient (Wildman–Crippen LogP) is 5.13. The van der Waals surface area contributed by atoms with Gasteiger partial charge in [-0.05, 0) is 75.9 Å². The third-order valence-corrected chi connectivity index (χ3v) is 9.02. The third-order valence-electron chi connectivity index (χ3n) is 8.93. The van der Waals surface area contributed by atoms with Crippen LogP contribution in [-0.4, -0.2) is 58.8 Å². The van der Waals surface area contributed by atoms with Gasteiger partial charge in [-0.1, -0.05) is 32.7 Å². The molecule has 3 rings (SSSR count). The molecule has 0 aromatic rings. The summed E-state index contributed by atoms with van der Waals surface area (Å²) in [4.78, 5) is 4.63. The Labute approximate surface area is 182 Å². The van der Waals surface area contributed by atoms with Crippen LogP contribution in [0.15, 0.2) is 4.99 Å². The van der Waals surface area contributed by atoms with Crippen molar-refractivity contribution in [3.8, 4) is 0 Å². The fourth-order valence-corrected chi connectivity index (χ4v) is 6.66. The second kappa shape index (κ2) is 7.96. The van der Waals surface area contributed by atoms with E-state index in [1.165, 1.54) is 0 Å². The van der Waals surface area contributed by atoms with Crippen molar-refractivity contribution in [1.82, 2.24) is 0 Å². The molecule has 3 fully saturated rings. The molecule has 3 aliphatic rings. The average Bonchev–Trinajstić information content (AvgIpc) is 3.09. The van der Waals surface area contributed by atoms with Crippen LogP contribution in [0.2, 0.25) is 0 Å². The summed E-state index contributed by atoms with van der Waals surface area (Å²) in [5.74, 6) is 0.633. The van der Waals surface area contributed by atoms with Gasteiger partial charge < -0.3 is 20.5 Å². The van der Waals surface area contributed by atoms with Crippen molar-refractivity contribution in [2.45, 2.75) is 108 Å². The minimum atomic E-state index is -0.500. The van der Waals surface area contributed by atoms with Gasteiger partial charge in [-0.3, -0.25) is 0 Å². The van der Waals surface area contributed by atoms with E-state index in [1.54, 1.807) is 0 Å². The summed E-state index contributed by atoms with van der Waals surface area (Å²) in [5, 5.41) is 23.4. The van der Waals surface area contributed by atoms with Gasteiger partial charge in [0.25, 0.3) is 0 Å². The number of ether oxygens (including phenoxy) is 1. The number of nitrogens with zero attached hydrogens (tertiary/aromatic N) is 3. The Kier molecular flexibility index (Phi) is 6.40. The molecule has 6 heteroatoms. The van der Waals surface area contributed by atoms with Crippen LogP contribution in [0.4, 0.5) is 0 Å². The number of thiocarbonyl (C=S) groups is 1. The van der Waals surface area contributed by atoms with Crippen LogP contribution in [0.1, 0.15) is 73.1 Å². The molecule has 2 saturated carbocycles. The van der Waals surface area contributed by atoms with Gasteiger partial charge in [-0.15, -0.1) is 5.54 Å². The average molecular weight is 422 g/mol. The topological polar surface area (TPSA) is 70.0 Å². The molecule has 1 heterocycles. The standard InChI is InChI=1S/C23H39N3O2S/c1-20(2,24-6)17-10-13-23(5,28-17)16-9-11-21(3,26-14-29)15-8-12-22(4,25-7)19(27)18(15)16/h15-19,27H,8-13H2,1-7H3/q-2/t15-,16-,17-,18-,19-,21+,22-,23+/m0/s1. The Morgan fingerprint density at radius 1 is 1.07 bits per heavy atom. The van der Waals surface area contributed by atoms with Crippen molar-refractivity contribution in [2.24, 2.45) is 22.7 Å². The quantitative estimate of drug-likeness (QED) is 0.494. The lowest BCUT2D eigenvalue weighted by Gasteiger charge is -2.62. The van der Waals surface area contributed by atoms with E-state index in [0.717, 1.165) is 38.5 Å². The summed E-state index contributed by atoms with van der Waals surface area (Å²) >= 11 is 4.99. The van der Waals surface area contributed by atoms with Crippen molar-refractivity contribution in [1.29, 1.82) is 0 Å². The number of aliphatic hydroxyl groups is 1. The van der Waals surface area contributed by atoms with Gasteiger partial charge in [-0.25, -0.2) is 4.99 Å². The molecular formula is C23H39N3O2S-2. The maximum absolute atomic E-state index is 11.6. The van der Waals surface area contributed by atoms with Crippen molar-refractivity contribution in [2.75, 3.05) is 14.1 Å². The van der Waals surface area contributed by atoms with Gasteiger partial charge in [0.2, 0.25) is 0 Å². The molecule has 0 radical (unpaired) electrons. The highest BCUT2D eigenvalue weighted by Crippen LogP contribution is 2.58. The molecule has 5 nitrogen and oxygen atoms in total. The van der Waals surface area contributed by atoms with Gasteiger partial charge in [0.05, 0.1) is 16.3 Å². The van der Waals surface area contributed by atoms with Crippen molar-refractivity contribution >= 4 is 17.4 Å². The zero-order chi connectivity index (χ0) is 21.7. The Bertz CT molecular complexity index is 667. The van der Waals surface area contributed by atoms with Crippen molar-refractivity contribution in [3.63, 3.8) is 0 Å². The molecule has 1 aliphatic heterocycles. The predicted molar refractivity (Wildman–Crippen MR) is 122 cm³/mol. The lowest BCUT2D eigenvalue weighted by molar-refractivity contribution is -0.161. The Morgan fingerprint density at radius 3 is 2.31 bits per heavy atom. The highest BCUT2D eigenvalue weighted by atomic mass is 32.1. The number of fused-ring (bicyclic) bond motifs is 1. The van der Waals surface area contributed by atoms with Crippen molar-refractivity contribution < 1.29 is 9.84 Å². The summed E-state index contributed by atoms with van der Waals surface area (Å²) < 4.78 is 6.77. The van der Waals surface area contributed by atoms with Crippen LogP contribution in [-0.2, 0) is 4.74 Å². The molecule has 0 bridgehead atoms. The normalized spacial score (nSPS) is 48.1. The van der Waals surface area contributed by atoms with E-state index in [2.05, 4.69) is 55.4 Å². The van der Waals surface area contributed by atoms with Crippen LogP contribution in [0.25, 0.3) is 10.6 Å². The Hall–Kier alpha value is -0.360. The van der Waals surface area contributed by atoms with Gasteiger partial charge in [0, 0.05) is 12.2 Å². The van der Waals surface area contributed by atoms with E-state index in [0.29, 0.717) is 0 Å². The summed E-state index contributed by atoms with van der Waals surface area (Å²) in [6, 6.07) is 0. The second-order valence-electron chi connectivity index (χ2n) is 10.8. The molecule has 1 saturated heterocycles. The van der Waals surface area contributed by atoms with Crippen LogP contribution in [0.3, 0.4) is 0 Å². The van der Waals surface area contributed by atoms with E-state index >= 15 is 0 Å². The smallest absolute Gasteiger partial charge is 0.0714 e. The molecule has 8 atom stereocenters. The number of hydrogen-bond acceptors (Lipinski definition) is 4. The molecule has 0 aromatic carbocycles. The van der Waals surface area contributed by atoms with Gasteiger partial charge in [0.1, 0.15) is 0 Å². The van der Waals surface area contributed by atoms with Crippen LogP contribution in [0, 0.1) is 17.8 Å². The first-order valence-corrected chi connectivity index (χ1v) is 11.5. The molecule has 2 aliphatic carbocycles. The van der Waals surface area contributed by atoms with Gasteiger partial charge in [-0.2, -0.15) is 14.1 Å². The summed E-state index contributed by atoms with van der Waals surface area (Å²) in [6.45, 7) is 10.9. The van der Waals surface area contributed by atoms with E-state index in [1.807, 2.05) is 14.1 Å². The maximum Gasteiger partial charge on any atom is 0.0714 e. The van der Waals surface area contributed by atoms with E-state index in [4.69, 9.17) is 17.0 Å². The molecule has 166 valence electrons. The van der Waals surface area contributed by atoms with Crippen LogP contribution >= 0.6 is 12.2 Å². The number of rotatable bonds is 5. The van der Waals surface area contributed by atoms with E-state index in [-0.39, 0.29) is 40.5 Å². The lowest BCUT2D eigenvalue weighted by atomic mass is 9.51. The number of aliphatic hydroxyl groups excluding tert-OH is 1. The Morgan fingerprint density at radius 2 is 1.72 bits per heavy atom. The van der Waals surface area contributed by atoms with Gasteiger partial charge >= 0.3 is 0 Å². The highest BCUT2D eigenvalue weighted by Gasteiger charge is 2.59. The minimum Gasteiger partial charge on any atom is -0.658 e. The SMILES string of the molecule is C[N-]C(C)(C)[C@@H]1CC[C@](C)([C@H]2CC[C@@](C)(N=C=S)[C@H]3CC[C@](C)([N-]C)[C@@H](O)[C@@H]32)O1. The highest BCUT2D eigenvalue weighted by molar-refractivity contribution is 7.78. The molecule has 0 aromatic heterocycles. The van der Waals surface area contributed by atoms with E-state index < -0.39 is 11.6 Å². The van der Waals surface area contributed by atoms with E-state index in [9.17, 15) is 5.11 Å². The largest absolute Gasteiger partial charge is 0.658 e. The first-order chi connectivity index (χ1) is 13.5. The first-order valence-electron chi connectivity index (χ1n) is 11.1. The summed E-state index contributed by atoms with van der Waals surface area (Å²) in [6.07, 6.45) is 5.44. The number of aliphatic imine (C=N–C) groups is 1. The first kappa shape index (κ1) is 23.3. The molecule has 0 amide bonds.